The molecule has 1 N–H and O–H groups in total. The lowest BCUT2D eigenvalue weighted by atomic mass is 10.2. The van der Waals surface area contributed by atoms with E-state index in [-0.39, 0.29) is 12.0 Å². The molecular formula is C23H23NO3. The van der Waals surface area contributed by atoms with Gasteiger partial charge in [0.2, 0.25) is 0 Å². The number of benzene rings is 3. The zero-order chi connectivity index (χ0) is 19.1. The molecule has 0 bridgehead atoms. The van der Waals surface area contributed by atoms with Gasteiger partial charge in [-0.3, -0.25) is 4.79 Å². The van der Waals surface area contributed by atoms with Gasteiger partial charge >= 0.3 is 0 Å². The quantitative estimate of drug-likeness (QED) is 0.621. The van der Waals surface area contributed by atoms with Crippen molar-refractivity contribution in [1.82, 2.24) is 0 Å². The summed E-state index contributed by atoms with van der Waals surface area (Å²) in [4.78, 5) is 12.5. The van der Waals surface area contributed by atoms with Crippen LogP contribution in [0.15, 0.2) is 78.9 Å². The van der Waals surface area contributed by atoms with Crippen molar-refractivity contribution in [3.8, 4) is 11.5 Å². The van der Waals surface area contributed by atoms with Crippen molar-refractivity contribution in [2.75, 3.05) is 5.32 Å². The number of ether oxygens (including phenoxy) is 2. The molecule has 0 unspecified atom stereocenters. The average Bonchev–Trinajstić information content (AvgIpc) is 2.69. The Kier molecular flexibility index (Phi) is 6.10. The number of rotatable bonds is 7. The zero-order valence-corrected chi connectivity index (χ0v) is 15.5. The number of carbonyl (C=O) groups excluding carboxylic acids is 1. The van der Waals surface area contributed by atoms with Crippen LogP contribution >= 0.6 is 0 Å². The highest BCUT2D eigenvalue weighted by Crippen LogP contribution is 2.25. The summed E-state index contributed by atoms with van der Waals surface area (Å²) >= 11 is 0. The summed E-state index contributed by atoms with van der Waals surface area (Å²) in [7, 11) is 0. The Labute approximate surface area is 159 Å². The van der Waals surface area contributed by atoms with Gasteiger partial charge in [0.1, 0.15) is 18.1 Å². The molecule has 3 aromatic rings. The molecule has 0 aromatic heterocycles. The number of hydrogen-bond donors (Lipinski definition) is 1. The number of anilines is 1. The van der Waals surface area contributed by atoms with Crippen LogP contribution in [0.3, 0.4) is 0 Å². The first-order valence-corrected chi connectivity index (χ1v) is 8.95. The SMILES string of the molecule is CC(C)Oc1ccccc1NC(=O)c1ccc(OCc2ccccc2)cc1. The van der Waals surface area contributed by atoms with Gasteiger partial charge in [0.05, 0.1) is 11.8 Å². The van der Waals surface area contributed by atoms with Gasteiger partial charge in [-0.2, -0.15) is 0 Å². The van der Waals surface area contributed by atoms with E-state index in [2.05, 4.69) is 5.32 Å². The molecule has 3 aromatic carbocycles. The van der Waals surface area contributed by atoms with Gasteiger partial charge in [0, 0.05) is 5.56 Å². The van der Waals surface area contributed by atoms with Crippen LogP contribution in [0.1, 0.15) is 29.8 Å². The third-order valence-corrected chi connectivity index (χ3v) is 3.86. The fourth-order valence-electron chi connectivity index (χ4n) is 2.56. The third kappa shape index (κ3) is 5.35. The molecule has 0 radical (unpaired) electrons. The van der Waals surface area contributed by atoms with Crippen molar-refractivity contribution in [2.24, 2.45) is 0 Å². The van der Waals surface area contributed by atoms with Crippen LogP contribution in [-0.4, -0.2) is 12.0 Å². The topological polar surface area (TPSA) is 47.6 Å². The summed E-state index contributed by atoms with van der Waals surface area (Å²) in [5, 5.41) is 2.90. The lowest BCUT2D eigenvalue weighted by Gasteiger charge is -2.15. The molecule has 0 aliphatic carbocycles. The molecule has 4 heteroatoms. The maximum absolute atomic E-state index is 12.5. The largest absolute Gasteiger partial charge is 0.489 e. The predicted octanol–water partition coefficient (Wildman–Crippen LogP) is 5.31. The molecule has 138 valence electrons. The summed E-state index contributed by atoms with van der Waals surface area (Å²) < 4.78 is 11.5. The van der Waals surface area contributed by atoms with Crippen LogP contribution in [0.25, 0.3) is 0 Å². The number of nitrogens with one attached hydrogen (secondary N) is 1. The van der Waals surface area contributed by atoms with E-state index < -0.39 is 0 Å². The predicted molar refractivity (Wildman–Crippen MR) is 107 cm³/mol. The van der Waals surface area contributed by atoms with Crippen molar-refractivity contribution in [2.45, 2.75) is 26.6 Å². The lowest BCUT2D eigenvalue weighted by molar-refractivity contribution is 0.102. The summed E-state index contributed by atoms with van der Waals surface area (Å²) in [6, 6.07) is 24.5. The van der Waals surface area contributed by atoms with Crippen molar-refractivity contribution in [1.29, 1.82) is 0 Å². The summed E-state index contributed by atoms with van der Waals surface area (Å²) in [5.41, 5.74) is 2.31. The number of amides is 1. The molecule has 0 aliphatic rings. The standard InChI is InChI=1S/C23H23NO3/c1-17(2)27-22-11-7-6-10-21(22)24-23(25)19-12-14-20(15-13-19)26-16-18-8-4-3-5-9-18/h3-15,17H,16H2,1-2H3,(H,24,25). The molecule has 3 rings (SSSR count). The van der Waals surface area contributed by atoms with E-state index in [0.717, 1.165) is 11.3 Å². The fourth-order valence-corrected chi connectivity index (χ4v) is 2.56. The minimum atomic E-state index is -0.190. The Hall–Kier alpha value is -3.27. The highest BCUT2D eigenvalue weighted by Gasteiger charge is 2.11. The van der Waals surface area contributed by atoms with Crippen LogP contribution in [0.4, 0.5) is 5.69 Å². The van der Waals surface area contributed by atoms with Crippen molar-refractivity contribution in [3.05, 3.63) is 90.0 Å². The second-order valence-corrected chi connectivity index (χ2v) is 6.42. The van der Waals surface area contributed by atoms with Gasteiger partial charge in [-0.15, -0.1) is 0 Å². The molecule has 0 fully saturated rings. The highest BCUT2D eigenvalue weighted by atomic mass is 16.5. The molecule has 27 heavy (non-hydrogen) atoms. The van der Waals surface area contributed by atoms with Crippen LogP contribution in [0, 0.1) is 0 Å². The van der Waals surface area contributed by atoms with Crippen LogP contribution < -0.4 is 14.8 Å². The maximum atomic E-state index is 12.5. The first-order valence-electron chi connectivity index (χ1n) is 8.95. The molecule has 1 amide bonds. The fraction of sp³-hybridized carbons (Fsp3) is 0.174. The second-order valence-electron chi connectivity index (χ2n) is 6.42. The van der Waals surface area contributed by atoms with E-state index in [9.17, 15) is 4.79 Å². The Balaban J connectivity index is 1.62. The Morgan fingerprint density at radius 3 is 2.26 bits per heavy atom. The molecule has 4 nitrogen and oxygen atoms in total. The maximum Gasteiger partial charge on any atom is 0.255 e. The van der Waals surface area contributed by atoms with Gasteiger partial charge in [0.15, 0.2) is 0 Å². The van der Waals surface area contributed by atoms with Crippen molar-refractivity contribution >= 4 is 11.6 Å². The van der Waals surface area contributed by atoms with Crippen LogP contribution in [0.5, 0.6) is 11.5 Å². The second kappa shape index (κ2) is 8.90. The third-order valence-electron chi connectivity index (χ3n) is 3.86. The molecule has 0 saturated carbocycles. The smallest absolute Gasteiger partial charge is 0.255 e. The molecule has 0 saturated heterocycles. The number of carbonyl (C=O) groups is 1. The number of para-hydroxylation sites is 2. The summed E-state index contributed by atoms with van der Waals surface area (Å²) in [6.07, 6.45) is 0.0316. The Bertz CT molecular complexity index is 874. The van der Waals surface area contributed by atoms with Gasteiger partial charge in [0.25, 0.3) is 5.91 Å². The van der Waals surface area contributed by atoms with Gasteiger partial charge < -0.3 is 14.8 Å². The first-order chi connectivity index (χ1) is 13.1. The van der Waals surface area contributed by atoms with Gasteiger partial charge in [-0.05, 0) is 55.8 Å². The van der Waals surface area contributed by atoms with E-state index in [1.807, 2.05) is 68.4 Å². The Morgan fingerprint density at radius 2 is 1.56 bits per heavy atom. The van der Waals surface area contributed by atoms with E-state index in [1.165, 1.54) is 0 Å². The molecule has 0 heterocycles. The highest BCUT2D eigenvalue weighted by molar-refractivity contribution is 6.05. The zero-order valence-electron chi connectivity index (χ0n) is 15.5. The average molecular weight is 361 g/mol. The monoisotopic (exact) mass is 361 g/mol. The first kappa shape index (κ1) is 18.5. The molecular weight excluding hydrogens is 338 g/mol. The minimum Gasteiger partial charge on any atom is -0.489 e. The van der Waals surface area contributed by atoms with Crippen molar-refractivity contribution in [3.63, 3.8) is 0 Å². The Morgan fingerprint density at radius 1 is 0.889 bits per heavy atom. The molecule has 0 atom stereocenters. The molecule has 0 spiro atoms. The molecule has 0 aliphatic heterocycles. The minimum absolute atomic E-state index is 0.0316. The van der Waals surface area contributed by atoms with E-state index in [1.54, 1.807) is 24.3 Å². The van der Waals surface area contributed by atoms with E-state index in [4.69, 9.17) is 9.47 Å². The van der Waals surface area contributed by atoms with E-state index >= 15 is 0 Å². The van der Waals surface area contributed by atoms with Crippen LogP contribution in [-0.2, 0) is 6.61 Å². The normalized spacial score (nSPS) is 10.5. The number of hydrogen-bond acceptors (Lipinski definition) is 3. The van der Waals surface area contributed by atoms with Gasteiger partial charge in [-0.25, -0.2) is 0 Å². The van der Waals surface area contributed by atoms with Gasteiger partial charge in [-0.1, -0.05) is 42.5 Å². The van der Waals surface area contributed by atoms with Crippen LogP contribution in [0.2, 0.25) is 0 Å². The lowest BCUT2D eigenvalue weighted by Crippen LogP contribution is -2.14. The van der Waals surface area contributed by atoms with Crippen molar-refractivity contribution < 1.29 is 14.3 Å². The summed E-state index contributed by atoms with van der Waals surface area (Å²) in [5.74, 6) is 1.19. The summed E-state index contributed by atoms with van der Waals surface area (Å²) in [6.45, 7) is 4.39. The van der Waals surface area contributed by atoms with E-state index in [0.29, 0.717) is 23.6 Å².